The fourth-order valence-corrected chi connectivity index (χ4v) is 2.25. The lowest BCUT2D eigenvalue weighted by Gasteiger charge is -2.12. The molecule has 0 saturated heterocycles. The molecule has 0 radical (unpaired) electrons. The van der Waals surface area contributed by atoms with Gasteiger partial charge in [-0.3, -0.25) is 4.79 Å². The fraction of sp³-hybridized carbons (Fsp3) is 0.636. The van der Waals surface area contributed by atoms with Crippen LogP contribution in [0.4, 0.5) is 10.9 Å². The second-order valence-electron chi connectivity index (χ2n) is 4.11. The van der Waals surface area contributed by atoms with Crippen molar-refractivity contribution in [2.45, 2.75) is 26.3 Å². The minimum Gasteiger partial charge on any atom is -0.396 e. The molecule has 18 heavy (non-hydrogen) atoms. The van der Waals surface area contributed by atoms with Crippen molar-refractivity contribution >= 4 is 28.2 Å². The molecular weight excluding hydrogens is 252 g/mol. The van der Waals surface area contributed by atoms with E-state index in [9.17, 15) is 4.79 Å². The number of hydrogen-bond acceptors (Lipinski definition) is 6. The fourth-order valence-electron chi connectivity index (χ4n) is 1.34. The number of nitrogens with two attached hydrogens (primary N) is 1. The molecule has 1 aromatic heterocycles. The van der Waals surface area contributed by atoms with E-state index in [2.05, 4.69) is 10.3 Å². The van der Waals surface area contributed by atoms with Crippen LogP contribution in [0.3, 0.4) is 0 Å². The average Bonchev–Trinajstić information content (AvgIpc) is 2.70. The molecular formula is C11H20N4O2S. The molecule has 4 N–H and O–H groups in total. The van der Waals surface area contributed by atoms with Gasteiger partial charge in [0.15, 0.2) is 5.13 Å². The third-order valence-corrected chi connectivity index (χ3v) is 3.77. The molecule has 1 atom stereocenters. The predicted molar refractivity (Wildman–Crippen MR) is 74.1 cm³/mol. The summed E-state index contributed by atoms with van der Waals surface area (Å²) in [6, 6.07) is -0.0867. The van der Waals surface area contributed by atoms with Gasteiger partial charge in [-0.05, 0) is 20.3 Å². The number of rotatable bonds is 6. The van der Waals surface area contributed by atoms with E-state index in [0.717, 1.165) is 11.7 Å². The van der Waals surface area contributed by atoms with Crippen LogP contribution in [-0.4, -0.2) is 42.2 Å². The molecule has 0 aliphatic carbocycles. The lowest BCUT2D eigenvalue weighted by atomic mass is 10.2. The van der Waals surface area contributed by atoms with Crippen molar-refractivity contribution in [3.8, 4) is 0 Å². The number of nitrogen functional groups attached to an aromatic ring is 1. The van der Waals surface area contributed by atoms with E-state index in [4.69, 9.17) is 10.8 Å². The maximum atomic E-state index is 12.0. The van der Waals surface area contributed by atoms with Crippen LogP contribution in [0.15, 0.2) is 0 Å². The third-order valence-electron chi connectivity index (χ3n) is 2.59. The van der Waals surface area contributed by atoms with Crippen molar-refractivity contribution in [3.05, 3.63) is 4.88 Å². The van der Waals surface area contributed by atoms with E-state index in [0.29, 0.717) is 11.3 Å². The topological polar surface area (TPSA) is 91.5 Å². The summed E-state index contributed by atoms with van der Waals surface area (Å²) in [6.45, 7) is 4.68. The van der Waals surface area contributed by atoms with Crippen LogP contribution in [0, 0.1) is 0 Å². The van der Waals surface area contributed by atoms with E-state index in [1.54, 1.807) is 0 Å². The van der Waals surface area contributed by atoms with Gasteiger partial charge in [-0.2, -0.15) is 0 Å². The van der Waals surface area contributed by atoms with Gasteiger partial charge in [0, 0.05) is 26.2 Å². The minimum atomic E-state index is -0.235. The molecule has 1 unspecified atom stereocenters. The van der Waals surface area contributed by atoms with Crippen LogP contribution in [-0.2, 0) is 0 Å². The second-order valence-corrected chi connectivity index (χ2v) is 5.09. The number of carbonyl (C=O) groups excluding carboxylic acids is 1. The van der Waals surface area contributed by atoms with Crippen LogP contribution in [0.1, 0.15) is 29.9 Å². The molecule has 0 saturated carbocycles. The Morgan fingerprint density at radius 2 is 2.33 bits per heavy atom. The molecule has 102 valence electrons. The van der Waals surface area contributed by atoms with Crippen LogP contribution < -0.4 is 16.0 Å². The maximum absolute atomic E-state index is 12.0. The van der Waals surface area contributed by atoms with Gasteiger partial charge in [0.05, 0.1) is 0 Å². The predicted octanol–water partition coefficient (Wildman–Crippen LogP) is 0.682. The van der Waals surface area contributed by atoms with E-state index >= 15 is 0 Å². The molecule has 0 fully saturated rings. The first-order valence-corrected chi connectivity index (χ1v) is 6.70. The van der Waals surface area contributed by atoms with E-state index < -0.39 is 0 Å². The zero-order valence-corrected chi connectivity index (χ0v) is 11.8. The van der Waals surface area contributed by atoms with Crippen molar-refractivity contribution in [2.75, 3.05) is 30.8 Å². The van der Waals surface area contributed by atoms with Gasteiger partial charge in [0.25, 0.3) is 5.91 Å². The highest BCUT2D eigenvalue weighted by Crippen LogP contribution is 2.27. The number of thiazole rings is 1. The Morgan fingerprint density at radius 1 is 1.67 bits per heavy atom. The summed E-state index contributed by atoms with van der Waals surface area (Å²) in [5, 5.41) is 12.3. The van der Waals surface area contributed by atoms with E-state index in [1.165, 1.54) is 11.3 Å². The summed E-state index contributed by atoms with van der Waals surface area (Å²) in [6.07, 6.45) is 0.520. The Labute approximate surface area is 111 Å². The maximum Gasteiger partial charge on any atom is 0.265 e. The van der Waals surface area contributed by atoms with Crippen LogP contribution in [0.2, 0.25) is 0 Å². The Kier molecular flexibility index (Phi) is 5.36. The highest BCUT2D eigenvalue weighted by molar-refractivity contribution is 7.18. The molecule has 0 aromatic carbocycles. The second kappa shape index (κ2) is 6.55. The SMILES string of the molecule is CCN(C)c1nc(N)c(C(=O)NC(C)CCO)s1. The van der Waals surface area contributed by atoms with E-state index in [-0.39, 0.29) is 24.4 Å². The van der Waals surface area contributed by atoms with Gasteiger partial charge in [-0.25, -0.2) is 4.98 Å². The number of nitrogens with zero attached hydrogens (tertiary/aromatic N) is 2. The van der Waals surface area contributed by atoms with Crippen molar-refractivity contribution < 1.29 is 9.90 Å². The first kappa shape index (κ1) is 14.7. The van der Waals surface area contributed by atoms with Crippen LogP contribution in [0.25, 0.3) is 0 Å². The van der Waals surface area contributed by atoms with Crippen molar-refractivity contribution in [2.24, 2.45) is 0 Å². The number of carbonyl (C=O) groups is 1. The number of aromatic nitrogens is 1. The summed E-state index contributed by atoms with van der Waals surface area (Å²) < 4.78 is 0. The molecule has 0 aliphatic rings. The lowest BCUT2D eigenvalue weighted by molar-refractivity contribution is 0.0939. The molecule has 0 spiro atoms. The largest absolute Gasteiger partial charge is 0.396 e. The van der Waals surface area contributed by atoms with Gasteiger partial charge >= 0.3 is 0 Å². The normalized spacial score (nSPS) is 12.2. The Balaban J connectivity index is 2.77. The number of aliphatic hydroxyl groups is 1. The molecule has 1 rings (SSSR count). The van der Waals surface area contributed by atoms with Gasteiger partial charge < -0.3 is 21.1 Å². The Hall–Kier alpha value is -1.34. The Morgan fingerprint density at radius 3 is 2.89 bits per heavy atom. The molecule has 0 aliphatic heterocycles. The van der Waals surface area contributed by atoms with Gasteiger partial charge in [-0.1, -0.05) is 11.3 Å². The number of aliphatic hydroxyl groups excluding tert-OH is 1. The molecule has 1 amide bonds. The Bertz CT molecular complexity index is 408. The van der Waals surface area contributed by atoms with Crippen molar-refractivity contribution in [3.63, 3.8) is 0 Å². The minimum absolute atomic E-state index is 0.0451. The lowest BCUT2D eigenvalue weighted by Crippen LogP contribution is -2.33. The number of amides is 1. The average molecular weight is 272 g/mol. The summed E-state index contributed by atoms with van der Waals surface area (Å²) >= 11 is 1.28. The van der Waals surface area contributed by atoms with Crippen molar-refractivity contribution in [1.29, 1.82) is 0 Å². The monoisotopic (exact) mass is 272 g/mol. The molecule has 6 nitrogen and oxygen atoms in total. The summed E-state index contributed by atoms with van der Waals surface area (Å²) in [5.74, 6) is 0.0192. The molecule has 1 heterocycles. The number of nitrogens with one attached hydrogen (secondary N) is 1. The van der Waals surface area contributed by atoms with Crippen molar-refractivity contribution in [1.82, 2.24) is 10.3 Å². The molecule has 7 heteroatoms. The third kappa shape index (κ3) is 3.58. The highest BCUT2D eigenvalue weighted by atomic mass is 32.1. The smallest absolute Gasteiger partial charge is 0.265 e. The standard InChI is InChI=1S/C11H20N4O2S/c1-4-15(3)11-14-9(12)8(18-11)10(17)13-7(2)5-6-16/h7,16H,4-6,12H2,1-3H3,(H,13,17). The van der Waals surface area contributed by atoms with Gasteiger partial charge in [-0.15, -0.1) is 0 Å². The molecule has 0 bridgehead atoms. The molecule has 1 aromatic rings. The summed E-state index contributed by atoms with van der Waals surface area (Å²) in [5.41, 5.74) is 5.75. The van der Waals surface area contributed by atoms with Gasteiger partial charge in [0.1, 0.15) is 10.7 Å². The van der Waals surface area contributed by atoms with Gasteiger partial charge in [0.2, 0.25) is 0 Å². The van der Waals surface area contributed by atoms with Crippen LogP contribution in [0.5, 0.6) is 0 Å². The van der Waals surface area contributed by atoms with Crippen LogP contribution >= 0.6 is 11.3 Å². The quantitative estimate of drug-likeness (QED) is 0.708. The zero-order valence-electron chi connectivity index (χ0n) is 10.9. The van der Waals surface area contributed by atoms with E-state index in [1.807, 2.05) is 25.8 Å². The summed E-state index contributed by atoms with van der Waals surface area (Å²) in [4.78, 5) is 18.5. The first-order chi connectivity index (χ1) is 8.49. The number of anilines is 2. The highest BCUT2D eigenvalue weighted by Gasteiger charge is 2.18. The summed E-state index contributed by atoms with van der Waals surface area (Å²) in [7, 11) is 1.90. The number of hydrogen-bond donors (Lipinski definition) is 3. The zero-order chi connectivity index (χ0) is 13.7. The first-order valence-electron chi connectivity index (χ1n) is 5.88.